The minimum absolute atomic E-state index is 0.00171. The molecule has 7 nitrogen and oxygen atoms in total. The molecule has 1 aromatic heterocycles. The molecule has 1 amide bonds. The van der Waals surface area contributed by atoms with Gasteiger partial charge in [-0.05, 0) is 49.4 Å². The van der Waals surface area contributed by atoms with Crippen LogP contribution in [0.1, 0.15) is 46.2 Å². The number of carbonyl (C=O) groups is 2. The van der Waals surface area contributed by atoms with Crippen molar-refractivity contribution in [2.45, 2.75) is 32.2 Å². The Bertz CT molecular complexity index is 1060. The van der Waals surface area contributed by atoms with Crippen LogP contribution in [0.3, 0.4) is 0 Å². The largest absolute Gasteiger partial charge is 0.451 e. The Morgan fingerprint density at radius 1 is 1.10 bits per heavy atom. The molecule has 30 heavy (non-hydrogen) atoms. The van der Waals surface area contributed by atoms with Gasteiger partial charge < -0.3 is 9.64 Å². The Kier molecular flexibility index (Phi) is 5.61. The number of ether oxygens (including phenoxy) is 1. The maximum absolute atomic E-state index is 12.7. The van der Waals surface area contributed by atoms with Crippen LogP contribution in [-0.4, -0.2) is 45.4 Å². The number of para-hydroxylation sites is 1. The van der Waals surface area contributed by atoms with Gasteiger partial charge in [0, 0.05) is 7.05 Å². The molecule has 0 aliphatic heterocycles. The van der Waals surface area contributed by atoms with E-state index in [4.69, 9.17) is 4.74 Å². The summed E-state index contributed by atoms with van der Waals surface area (Å²) >= 11 is 0. The van der Waals surface area contributed by atoms with Crippen molar-refractivity contribution in [3.8, 4) is 5.69 Å². The van der Waals surface area contributed by atoms with Crippen LogP contribution in [-0.2, 0) is 16.0 Å². The molecule has 154 valence electrons. The van der Waals surface area contributed by atoms with Crippen molar-refractivity contribution in [1.82, 2.24) is 19.9 Å². The van der Waals surface area contributed by atoms with E-state index in [2.05, 4.69) is 22.3 Å². The number of benzene rings is 2. The van der Waals surface area contributed by atoms with Crippen LogP contribution in [0, 0.1) is 6.92 Å². The number of aromatic nitrogens is 3. The second-order valence-electron chi connectivity index (χ2n) is 7.45. The average Bonchev–Trinajstić information content (AvgIpc) is 3.18. The number of hydrogen-bond acceptors (Lipinski definition) is 5. The van der Waals surface area contributed by atoms with Crippen LogP contribution in [0.5, 0.6) is 0 Å². The van der Waals surface area contributed by atoms with Crippen LogP contribution in [0.4, 0.5) is 0 Å². The minimum Gasteiger partial charge on any atom is -0.451 e. The summed E-state index contributed by atoms with van der Waals surface area (Å²) in [4.78, 5) is 28.3. The molecule has 1 aliphatic rings. The highest BCUT2D eigenvalue weighted by molar-refractivity contribution is 5.90. The molecule has 4 rings (SSSR count). The maximum atomic E-state index is 12.7. The zero-order chi connectivity index (χ0) is 21.1. The fourth-order valence-corrected chi connectivity index (χ4v) is 3.85. The maximum Gasteiger partial charge on any atom is 0.361 e. The van der Waals surface area contributed by atoms with Crippen molar-refractivity contribution in [2.24, 2.45) is 0 Å². The van der Waals surface area contributed by atoms with E-state index in [0.29, 0.717) is 5.69 Å². The molecule has 3 aromatic rings. The van der Waals surface area contributed by atoms with Crippen LogP contribution in [0.25, 0.3) is 5.69 Å². The van der Waals surface area contributed by atoms with Crippen LogP contribution < -0.4 is 0 Å². The topological polar surface area (TPSA) is 77.3 Å². The first-order valence-electron chi connectivity index (χ1n) is 10.0. The molecule has 0 bridgehead atoms. The van der Waals surface area contributed by atoms with Gasteiger partial charge in [0.1, 0.15) is 0 Å². The molecule has 2 aromatic carbocycles. The summed E-state index contributed by atoms with van der Waals surface area (Å²) in [7, 11) is 1.76. The smallest absolute Gasteiger partial charge is 0.361 e. The van der Waals surface area contributed by atoms with Gasteiger partial charge in [-0.15, -0.1) is 5.10 Å². The van der Waals surface area contributed by atoms with E-state index in [1.807, 2.05) is 42.5 Å². The highest BCUT2D eigenvalue weighted by Crippen LogP contribution is 2.33. The molecule has 0 saturated carbocycles. The fraction of sp³-hybridized carbons (Fsp3) is 0.304. The monoisotopic (exact) mass is 404 g/mol. The van der Waals surface area contributed by atoms with Crippen LogP contribution in [0.15, 0.2) is 54.6 Å². The lowest BCUT2D eigenvalue weighted by Crippen LogP contribution is -2.36. The summed E-state index contributed by atoms with van der Waals surface area (Å²) in [6, 6.07) is 17.5. The highest BCUT2D eigenvalue weighted by atomic mass is 16.5. The number of esters is 1. The van der Waals surface area contributed by atoms with Crippen molar-refractivity contribution in [1.29, 1.82) is 0 Å². The van der Waals surface area contributed by atoms with Crippen molar-refractivity contribution < 1.29 is 14.3 Å². The number of aryl methyl sites for hydroxylation is 2. The number of carbonyl (C=O) groups excluding carboxylic acids is 2. The normalized spacial score (nSPS) is 15.3. The van der Waals surface area contributed by atoms with Gasteiger partial charge in [-0.25, -0.2) is 4.79 Å². The van der Waals surface area contributed by atoms with Gasteiger partial charge >= 0.3 is 5.97 Å². The molecule has 0 saturated heterocycles. The third-order valence-electron chi connectivity index (χ3n) is 5.49. The molecule has 1 atom stereocenters. The Labute approximate surface area is 175 Å². The molecule has 0 N–H and O–H groups in total. The number of amides is 1. The van der Waals surface area contributed by atoms with E-state index < -0.39 is 5.97 Å². The number of fused-ring (bicyclic) bond motifs is 1. The summed E-state index contributed by atoms with van der Waals surface area (Å²) in [6.45, 7) is 1.36. The zero-order valence-corrected chi connectivity index (χ0v) is 17.1. The first kappa shape index (κ1) is 19.8. The molecule has 1 aliphatic carbocycles. The van der Waals surface area contributed by atoms with Crippen molar-refractivity contribution in [3.05, 3.63) is 77.1 Å². The number of hydrogen-bond donors (Lipinski definition) is 0. The van der Waals surface area contributed by atoms with Crippen molar-refractivity contribution in [3.63, 3.8) is 0 Å². The minimum atomic E-state index is -0.652. The van der Waals surface area contributed by atoms with Crippen molar-refractivity contribution >= 4 is 11.9 Å². The van der Waals surface area contributed by atoms with Gasteiger partial charge in [0.15, 0.2) is 12.3 Å². The summed E-state index contributed by atoms with van der Waals surface area (Å²) in [5, 5.41) is 8.50. The quantitative estimate of drug-likeness (QED) is 0.610. The summed E-state index contributed by atoms with van der Waals surface area (Å²) < 4.78 is 5.27. The molecular weight excluding hydrogens is 380 g/mol. The van der Waals surface area contributed by atoms with Gasteiger partial charge in [0.25, 0.3) is 5.91 Å². The lowest BCUT2D eigenvalue weighted by atomic mass is 9.87. The summed E-state index contributed by atoms with van der Waals surface area (Å²) in [5.41, 5.74) is 3.75. The summed E-state index contributed by atoms with van der Waals surface area (Å²) in [5.74, 6) is -0.890. The van der Waals surface area contributed by atoms with Gasteiger partial charge in [-0.1, -0.05) is 42.5 Å². The zero-order valence-electron chi connectivity index (χ0n) is 17.1. The molecule has 0 radical (unpaired) electrons. The Hall–Kier alpha value is -3.48. The molecular formula is C23H24N4O3. The third-order valence-corrected chi connectivity index (χ3v) is 5.49. The molecule has 7 heteroatoms. The molecule has 0 unspecified atom stereocenters. The number of nitrogens with zero attached hydrogens (tertiary/aromatic N) is 4. The average molecular weight is 404 g/mol. The van der Waals surface area contributed by atoms with E-state index in [-0.39, 0.29) is 24.2 Å². The van der Waals surface area contributed by atoms with E-state index >= 15 is 0 Å². The van der Waals surface area contributed by atoms with E-state index in [1.54, 1.807) is 18.9 Å². The molecule has 1 heterocycles. The lowest BCUT2D eigenvalue weighted by molar-refractivity contribution is -0.135. The van der Waals surface area contributed by atoms with Gasteiger partial charge in [0.2, 0.25) is 0 Å². The second-order valence-corrected chi connectivity index (χ2v) is 7.45. The first-order valence-corrected chi connectivity index (χ1v) is 10.0. The van der Waals surface area contributed by atoms with Gasteiger partial charge in [-0.2, -0.15) is 9.90 Å². The fourth-order valence-electron chi connectivity index (χ4n) is 3.85. The Morgan fingerprint density at radius 2 is 1.83 bits per heavy atom. The number of rotatable bonds is 5. The SMILES string of the molecule is Cc1nn(-c2ccccc2)nc1C(=O)OCC(=O)N(C)[C@@H]1CCCc2ccccc21. The van der Waals surface area contributed by atoms with Gasteiger partial charge in [-0.3, -0.25) is 4.79 Å². The van der Waals surface area contributed by atoms with E-state index in [1.165, 1.54) is 15.9 Å². The van der Waals surface area contributed by atoms with Crippen molar-refractivity contribution in [2.75, 3.05) is 13.7 Å². The van der Waals surface area contributed by atoms with Crippen LogP contribution in [0.2, 0.25) is 0 Å². The predicted octanol–water partition coefficient (Wildman–Crippen LogP) is 3.27. The lowest BCUT2D eigenvalue weighted by Gasteiger charge is -2.33. The molecule has 0 spiro atoms. The standard InChI is InChI=1S/C23H24N4O3/c1-16-22(25-27(24-16)18-11-4-3-5-12-18)23(29)30-15-21(28)26(2)20-14-8-10-17-9-6-7-13-19(17)20/h3-7,9,11-13,20H,8,10,14-15H2,1-2H3/t20-/m1/s1. The Balaban J connectivity index is 1.41. The van der Waals surface area contributed by atoms with E-state index in [9.17, 15) is 9.59 Å². The van der Waals surface area contributed by atoms with E-state index in [0.717, 1.165) is 24.9 Å². The van der Waals surface area contributed by atoms with Crippen LogP contribution >= 0.6 is 0 Å². The Morgan fingerprint density at radius 3 is 2.63 bits per heavy atom. The summed E-state index contributed by atoms with van der Waals surface area (Å²) in [6.07, 6.45) is 2.96. The predicted molar refractivity (Wildman–Crippen MR) is 111 cm³/mol. The second kappa shape index (κ2) is 8.49. The highest BCUT2D eigenvalue weighted by Gasteiger charge is 2.27. The first-order chi connectivity index (χ1) is 14.5. The van der Waals surface area contributed by atoms with Gasteiger partial charge in [0.05, 0.1) is 17.4 Å². The third kappa shape index (κ3) is 3.96. The molecule has 0 fully saturated rings. The number of likely N-dealkylation sites (N-methyl/N-ethyl adjacent to an activating group) is 1.